The minimum absolute atomic E-state index is 0.00288. The van der Waals surface area contributed by atoms with Crippen molar-refractivity contribution in [1.82, 2.24) is 20.4 Å². The van der Waals surface area contributed by atoms with E-state index in [-0.39, 0.29) is 17.9 Å². The van der Waals surface area contributed by atoms with Gasteiger partial charge in [-0.25, -0.2) is 0 Å². The molecule has 1 aliphatic heterocycles. The van der Waals surface area contributed by atoms with Crippen LogP contribution >= 0.6 is 11.6 Å². The number of hydrogen-bond acceptors (Lipinski definition) is 3. The number of nitrogens with zero attached hydrogens (tertiary/aromatic N) is 2. The topological polar surface area (TPSA) is 61.0 Å². The molecule has 1 aliphatic carbocycles. The van der Waals surface area contributed by atoms with Crippen molar-refractivity contribution in [2.75, 3.05) is 19.6 Å². The summed E-state index contributed by atoms with van der Waals surface area (Å²) in [4.78, 5) is 15.2. The Balaban J connectivity index is 1.57. The second-order valence-corrected chi connectivity index (χ2v) is 6.99. The lowest BCUT2D eigenvalue weighted by molar-refractivity contribution is -0.139. The Bertz CT molecular complexity index is 744. The van der Waals surface area contributed by atoms with Crippen molar-refractivity contribution in [3.63, 3.8) is 0 Å². The van der Waals surface area contributed by atoms with Gasteiger partial charge in [0.05, 0.1) is 12.2 Å². The number of nitrogens with one attached hydrogen (secondary N) is 2. The summed E-state index contributed by atoms with van der Waals surface area (Å²) in [7, 11) is 0. The molecule has 0 spiro atoms. The van der Waals surface area contributed by atoms with Crippen molar-refractivity contribution in [2.24, 2.45) is 5.92 Å². The van der Waals surface area contributed by atoms with Gasteiger partial charge in [-0.2, -0.15) is 5.10 Å². The molecule has 2 heterocycles. The number of fused-ring (bicyclic) bond motifs is 1. The van der Waals surface area contributed by atoms with E-state index in [0.29, 0.717) is 0 Å². The molecule has 0 saturated carbocycles. The number of H-pyrrole nitrogens is 1. The lowest BCUT2D eigenvalue weighted by Crippen LogP contribution is -2.51. The number of aromatic amines is 1. The molecule has 24 heavy (non-hydrogen) atoms. The summed E-state index contributed by atoms with van der Waals surface area (Å²) >= 11 is 6.39. The summed E-state index contributed by atoms with van der Waals surface area (Å²) in [6, 6.07) is 7.83. The molecule has 2 unspecified atom stereocenters. The summed E-state index contributed by atoms with van der Waals surface area (Å²) in [6.07, 6.45) is 4.45. The van der Waals surface area contributed by atoms with E-state index < -0.39 is 0 Å². The van der Waals surface area contributed by atoms with Crippen LogP contribution in [0.3, 0.4) is 0 Å². The highest BCUT2D eigenvalue weighted by molar-refractivity contribution is 6.31. The highest BCUT2D eigenvalue weighted by atomic mass is 35.5. The Labute approximate surface area is 146 Å². The fourth-order valence-electron chi connectivity index (χ4n) is 3.84. The third kappa shape index (κ3) is 2.82. The van der Waals surface area contributed by atoms with E-state index in [4.69, 9.17) is 11.6 Å². The van der Waals surface area contributed by atoms with Gasteiger partial charge in [0.1, 0.15) is 0 Å². The van der Waals surface area contributed by atoms with Gasteiger partial charge < -0.3 is 10.2 Å². The molecule has 126 valence electrons. The maximum absolute atomic E-state index is 13.2. The fraction of sp³-hybridized carbons (Fsp3) is 0.444. The molecular formula is C18H21ClN4O. The number of aryl methyl sites for hydroxylation is 1. The van der Waals surface area contributed by atoms with Gasteiger partial charge in [0.15, 0.2) is 0 Å². The number of hydrogen-bond donors (Lipinski definition) is 2. The lowest BCUT2D eigenvalue weighted by atomic mass is 9.86. The molecule has 1 saturated heterocycles. The monoisotopic (exact) mass is 344 g/mol. The third-order valence-electron chi connectivity index (χ3n) is 5.16. The Morgan fingerprint density at radius 3 is 3.08 bits per heavy atom. The maximum atomic E-state index is 13.2. The van der Waals surface area contributed by atoms with Crippen LogP contribution in [-0.4, -0.2) is 40.6 Å². The molecule has 2 N–H and O–H groups in total. The van der Waals surface area contributed by atoms with Crippen LogP contribution in [0, 0.1) is 5.92 Å². The summed E-state index contributed by atoms with van der Waals surface area (Å²) in [5, 5.41) is 11.3. The van der Waals surface area contributed by atoms with Crippen molar-refractivity contribution in [2.45, 2.75) is 25.3 Å². The molecule has 2 atom stereocenters. The Morgan fingerprint density at radius 1 is 1.33 bits per heavy atom. The first kappa shape index (κ1) is 15.7. The molecule has 4 rings (SSSR count). The first-order valence-electron chi connectivity index (χ1n) is 8.51. The van der Waals surface area contributed by atoms with Crippen molar-refractivity contribution >= 4 is 17.5 Å². The second kappa shape index (κ2) is 6.57. The zero-order chi connectivity index (χ0) is 16.5. The quantitative estimate of drug-likeness (QED) is 0.879. The number of halogens is 1. The Hall–Kier alpha value is -1.85. The number of rotatable bonds is 2. The van der Waals surface area contributed by atoms with Crippen molar-refractivity contribution < 1.29 is 4.79 Å². The van der Waals surface area contributed by atoms with E-state index in [9.17, 15) is 4.79 Å². The Morgan fingerprint density at radius 2 is 2.21 bits per heavy atom. The number of aromatic nitrogens is 2. The zero-order valence-electron chi connectivity index (χ0n) is 13.5. The minimum atomic E-state index is 0.00288. The van der Waals surface area contributed by atoms with Gasteiger partial charge in [0, 0.05) is 42.7 Å². The van der Waals surface area contributed by atoms with Crippen LogP contribution in [0.5, 0.6) is 0 Å². The number of piperazine rings is 1. The van der Waals surface area contributed by atoms with Gasteiger partial charge in [0.2, 0.25) is 5.91 Å². The van der Waals surface area contributed by atoms with Gasteiger partial charge in [-0.1, -0.05) is 29.8 Å². The van der Waals surface area contributed by atoms with Crippen molar-refractivity contribution in [3.05, 3.63) is 52.3 Å². The predicted octanol–water partition coefficient (Wildman–Crippen LogP) is 2.34. The van der Waals surface area contributed by atoms with Gasteiger partial charge in [-0.15, -0.1) is 0 Å². The van der Waals surface area contributed by atoms with Gasteiger partial charge >= 0.3 is 0 Å². The van der Waals surface area contributed by atoms with Crippen LogP contribution in [-0.2, 0) is 17.6 Å². The molecule has 5 nitrogen and oxygen atoms in total. The summed E-state index contributed by atoms with van der Waals surface area (Å²) in [6.45, 7) is 2.30. The summed E-state index contributed by atoms with van der Waals surface area (Å²) in [5.74, 6) is 0.266. The summed E-state index contributed by atoms with van der Waals surface area (Å²) in [5.41, 5.74) is 3.39. The minimum Gasteiger partial charge on any atom is -0.333 e. The van der Waals surface area contributed by atoms with Crippen LogP contribution in [0.2, 0.25) is 5.02 Å². The first-order valence-corrected chi connectivity index (χ1v) is 8.88. The van der Waals surface area contributed by atoms with Gasteiger partial charge in [-0.05, 0) is 30.0 Å². The molecule has 0 radical (unpaired) electrons. The van der Waals surface area contributed by atoms with E-state index in [2.05, 4.69) is 15.5 Å². The van der Waals surface area contributed by atoms with E-state index in [1.54, 1.807) is 0 Å². The van der Waals surface area contributed by atoms with Crippen molar-refractivity contribution in [3.8, 4) is 0 Å². The smallest absolute Gasteiger partial charge is 0.226 e. The molecule has 2 aromatic rings. The standard InChI is InChI=1S/C18H21ClN4O/c19-15-4-2-1-3-14(15)17-11-20-7-8-23(17)18(24)12-5-6-13-10-21-22-16(13)9-12/h1-4,10,12,17,20H,5-9,11H2,(H,21,22). The molecule has 1 amide bonds. The largest absolute Gasteiger partial charge is 0.333 e. The third-order valence-corrected chi connectivity index (χ3v) is 5.50. The highest BCUT2D eigenvalue weighted by Gasteiger charge is 2.35. The molecule has 0 bridgehead atoms. The number of amides is 1. The van der Waals surface area contributed by atoms with E-state index in [1.165, 1.54) is 5.56 Å². The molecule has 1 fully saturated rings. The van der Waals surface area contributed by atoms with E-state index in [1.807, 2.05) is 35.4 Å². The second-order valence-electron chi connectivity index (χ2n) is 6.59. The lowest BCUT2D eigenvalue weighted by Gasteiger charge is -2.39. The number of carbonyl (C=O) groups excluding carboxylic acids is 1. The van der Waals surface area contributed by atoms with Crippen LogP contribution < -0.4 is 5.32 Å². The van der Waals surface area contributed by atoms with Crippen LogP contribution in [0.4, 0.5) is 0 Å². The molecule has 1 aromatic carbocycles. The van der Waals surface area contributed by atoms with Crippen LogP contribution in [0.1, 0.15) is 29.3 Å². The molecule has 1 aromatic heterocycles. The fourth-order valence-corrected chi connectivity index (χ4v) is 4.11. The Kier molecular flexibility index (Phi) is 4.29. The van der Waals surface area contributed by atoms with Crippen LogP contribution in [0.25, 0.3) is 0 Å². The van der Waals surface area contributed by atoms with Crippen LogP contribution in [0.15, 0.2) is 30.5 Å². The maximum Gasteiger partial charge on any atom is 0.226 e. The normalized spacial score (nSPS) is 23.8. The van der Waals surface area contributed by atoms with E-state index >= 15 is 0 Å². The average Bonchev–Trinajstić information content (AvgIpc) is 3.09. The highest BCUT2D eigenvalue weighted by Crippen LogP contribution is 2.32. The summed E-state index contributed by atoms with van der Waals surface area (Å²) < 4.78 is 0. The van der Waals surface area contributed by atoms with E-state index in [0.717, 1.165) is 55.2 Å². The van der Waals surface area contributed by atoms with Gasteiger partial charge in [0.25, 0.3) is 0 Å². The SMILES string of the molecule is O=C(C1CCc2cn[nH]c2C1)N1CCNCC1c1ccccc1Cl. The van der Waals surface area contributed by atoms with Gasteiger partial charge in [-0.3, -0.25) is 9.89 Å². The first-order chi connectivity index (χ1) is 11.7. The van der Waals surface area contributed by atoms with Crippen molar-refractivity contribution in [1.29, 1.82) is 0 Å². The zero-order valence-corrected chi connectivity index (χ0v) is 14.2. The molecule has 2 aliphatic rings. The predicted molar refractivity (Wildman–Crippen MR) is 92.9 cm³/mol. The number of carbonyl (C=O) groups is 1. The average molecular weight is 345 g/mol. The number of benzene rings is 1. The molecule has 6 heteroatoms. The molecular weight excluding hydrogens is 324 g/mol.